The molecule has 4 rings (SSSR count). The lowest BCUT2D eigenvalue weighted by atomic mass is 10.0. The number of hydrogen-bond acceptors (Lipinski definition) is 5. The normalized spacial score (nSPS) is 19.1. The standard InChI is InChI=1S/C21H28N4OS.2ClH/c1-3-16-4-5-17(23-11-16)12-24-8-6-18-19(14-27-20(18)13-24)21(26)25-9-7-22-10-15(25)2;;/h4-5,11,14-15,22H,3,6-10,12-13H2,1-2H3;2*1H/t15-;;/m1../s1. The van der Waals surface area contributed by atoms with E-state index in [1.54, 1.807) is 11.3 Å². The van der Waals surface area contributed by atoms with Crippen molar-refractivity contribution in [1.82, 2.24) is 20.1 Å². The maximum atomic E-state index is 13.1. The number of rotatable bonds is 4. The van der Waals surface area contributed by atoms with Crippen LogP contribution in [0.4, 0.5) is 0 Å². The first-order valence-electron chi connectivity index (χ1n) is 9.92. The highest BCUT2D eigenvalue weighted by Gasteiger charge is 2.29. The molecule has 29 heavy (non-hydrogen) atoms. The Morgan fingerprint density at radius 3 is 2.83 bits per heavy atom. The van der Waals surface area contributed by atoms with E-state index in [4.69, 9.17) is 0 Å². The van der Waals surface area contributed by atoms with Gasteiger partial charge in [-0.05, 0) is 37.0 Å². The molecule has 1 N–H and O–H groups in total. The minimum atomic E-state index is 0. The third kappa shape index (κ3) is 5.30. The van der Waals surface area contributed by atoms with Crippen molar-refractivity contribution in [2.45, 2.75) is 45.8 Å². The van der Waals surface area contributed by atoms with Crippen LogP contribution in [0.3, 0.4) is 0 Å². The van der Waals surface area contributed by atoms with Crippen LogP contribution in [-0.2, 0) is 25.9 Å². The minimum Gasteiger partial charge on any atom is -0.333 e. The van der Waals surface area contributed by atoms with Gasteiger partial charge in [0.25, 0.3) is 5.91 Å². The van der Waals surface area contributed by atoms with Crippen molar-refractivity contribution in [3.63, 3.8) is 0 Å². The number of aryl methyl sites for hydroxylation is 1. The summed E-state index contributed by atoms with van der Waals surface area (Å²) < 4.78 is 0. The molecule has 0 aromatic carbocycles. The second-order valence-electron chi connectivity index (χ2n) is 7.57. The molecule has 0 bridgehead atoms. The van der Waals surface area contributed by atoms with Crippen molar-refractivity contribution < 1.29 is 4.79 Å². The van der Waals surface area contributed by atoms with Gasteiger partial charge in [-0.1, -0.05) is 13.0 Å². The molecule has 8 heteroatoms. The zero-order chi connectivity index (χ0) is 18.8. The van der Waals surface area contributed by atoms with Crippen molar-refractivity contribution in [3.8, 4) is 0 Å². The lowest BCUT2D eigenvalue weighted by molar-refractivity contribution is 0.0654. The van der Waals surface area contributed by atoms with E-state index in [0.29, 0.717) is 0 Å². The van der Waals surface area contributed by atoms with Gasteiger partial charge in [-0.3, -0.25) is 14.7 Å². The fraction of sp³-hybridized carbons (Fsp3) is 0.524. The van der Waals surface area contributed by atoms with Crippen LogP contribution in [0.25, 0.3) is 0 Å². The fourth-order valence-corrected chi connectivity index (χ4v) is 5.09. The van der Waals surface area contributed by atoms with E-state index >= 15 is 0 Å². The smallest absolute Gasteiger partial charge is 0.255 e. The Labute approximate surface area is 189 Å². The predicted octanol–water partition coefficient (Wildman–Crippen LogP) is 3.54. The maximum absolute atomic E-state index is 13.1. The number of piperazine rings is 1. The van der Waals surface area contributed by atoms with Crippen LogP contribution < -0.4 is 5.32 Å². The third-order valence-corrected chi connectivity index (χ3v) is 6.71. The zero-order valence-corrected chi connectivity index (χ0v) is 19.5. The summed E-state index contributed by atoms with van der Waals surface area (Å²) >= 11 is 1.74. The van der Waals surface area contributed by atoms with E-state index in [0.717, 1.165) is 63.4 Å². The number of fused-ring (bicyclic) bond motifs is 1. The molecule has 1 amide bonds. The lowest BCUT2D eigenvalue weighted by Crippen LogP contribution is -2.52. The number of halogens is 2. The van der Waals surface area contributed by atoms with E-state index in [-0.39, 0.29) is 36.8 Å². The van der Waals surface area contributed by atoms with Gasteiger partial charge in [-0.25, -0.2) is 0 Å². The predicted molar refractivity (Wildman–Crippen MR) is 124 cm³/mol. The molecule has 0 unspecified atom stereocenters. The highest BCUT2D eigenvalue weighted by atomic mass is 35.5. The van der Waals surface area contributed by atoms with Crippen LogP contribution in [0, 0.1) is 0 Å². The van der Waals surface area contributed by atoms with Crippen molar-refractivity contribution in [1.29, 1.82) is 0 Å². The van der Waals surface area contributed by atoms with E-state index in [9.17, 15) is 4.79 Å². The van der Waals surface area contributed by atoms with Crippen LogP contribution in [-0.4, -0.2) is 52.9 Å². The topological polar surface area (TPSA) is 48.5 Å². The Bertz CT molecular complexity index is 812. The Morgan fingerprint density at radius 1 is 1.31 bits per heavy atom. The summed E-state index contributed by atoms with van der Waals surface area (Å²) in [4.78, 5) is 23.5. The van der Waals surface area contributed by atoms with Crippen LogP contribution in [0.15, 0.2) is 23.7 Å². The number of thiophene rings is 1. The molecule has 2 aliphatic rings. The molecule has 1 fully saturated rings. The number of nitrogens with zero attached hydrogens (tertiary/aromatic N) is 3. The summed E-state index contributed by atoms with van der Waals surface area (Å²) in [6.45, 7) is 9.63. The van der Waals surface area contributed by atoms with Crippen LogP contribution in [0.1, 0.15) is 45.9 Å². The van der Waals surface area contributed by atoms with E-state index in [1.807, 2.05) is 11.1 Å². The summed E-state index contributed by atoms with van der Waals surface area (Å²) in [7, 11) is 0. The molecule has 1 saturated heterocycles. The SMILES string of the molecule is CCc1ccc(CN2CCc3c(C(=O)N4CCNC[C@H]4C)csc3C2)nc1.Cl.Cl. The average molecular weight is 457 g/mol. The molecule has 0 aliphatic carbocycles. The monoisotopic (exact) mass is 456 g/mol. The molecule has 0 spiro atoms. The van der Waals surface area contributed by atoms with Crippen molar-refractivity contribution in [3.05, 3.63) is 51.0 Å². The number of pyridine rings is 1. The maximum Gasteiger partial charge on any atom is 0.255 e. The second kappa shape index (κ2) is 10.7. The number of hydrogen-bond donors (Lipinski definition) is 1. The molecule has 4 heterocycles. The number of carbonyl (C=O) groups excluding carboxylic acids is 1. The van der Waals surface area contributed by atoms with Gasteiger partial charge >= 0.3 is 0 Å². The van der Waals surface area contributed by atoms with Gasteiger partial charge in [0.15, 0.2) is 0 Å². The van der Waals surface area contributed by atoms with Crippen LogP contribution in [0.5, 0.6) is 0 Å². The molecule has 5 nitrogen and oxygen atoms in total. The van der Waals surface area contributed by atoms with E-state index in [1.165, 1.54) is 16.0 Å². The average Bonchev–Trinajstić information content (AvgIpc) is 3.12. The van der Waals surface area contributed by atoms with Gasteiger partial charge in [0.2, 0.25) is 0 Å². The molecular weight excluding hydrogens is 427 g/mol. The first-order chi connectivity index (χ1) is 13.2. The quantitative estimate of drug-likeness (QED) is 0.763. The first-order valence-corrected chi connectivity index (χ1v) is 10.8. The van der Waals surface area contributed by atoms with Crippen LogP contribution >= 0.6 is 36.2 Å². The van der Waals surface area contributed by atoms with Gasteiger partial charge in [0.05, 0.1) is 11.3 Å². The Kier molecular flexibility index (Phi) is 8.91. The summed E-state index contributed by atoms with van der Waals surface area (Å²) in [6.07, 6.45) is 3.97. The summed E-state index contributed by atoms with van der Waals surface area (Å²) in [5, 5.41) is 5.44. The van der Waals surface area contributed by atoms with Gasteiger partial charge in [0, 0.05) is 61.8 Å². The van der Waals surface area contributed by atoms with Gasteiger partial charge in [-0.15, -0.1) is 36.2 Å². The molecular formula is C21H30Cl2N4OS. The molecule has 2 aromatic heterocycles. The fourth-order valence-electron chi connectivity index (χ4n) is 3.98. The second-order valence-corrected chi connectivity index (χ2v) is 8.54. The number of aromatic nitrogens is 1. The summed E-state index contributed by atoms with van der Waals surface area (Å²) in [6, 6.07) is 4.58. The first kappa shape index (κ1) is 24.1. The third-order valence-electron chi connectivity index (χ3n) is 5.70. The summed E-state index contributed by atoms with van der Waals surface area (Å²) in [5.41, 5.74) is 4.62. The number of carbonyl (C=O) groups is 1. The van der Waals surface area contributed by atoms with Gasteiger partial charge in [0.1, 0.15) is 0 Å². The Morgan fingerprint density at radius 2 is 2.14 bits per heavy atom. The number of nitrogens with one attached hydrogen (secondary N) is 1. The van der Waals surface area contributed by atoms with Crippen molar-refractivity contribution >= 4 is 42.1 Å². The van der Waals surface area contributed by atoms with Gasteiger partial charge < -0.3 is 10.2 Å². The highest BCUT2D eigenvalue weighted by Crippen LogP contribution is 2.30. The van der Waals surface area contributed by atoms with Crippen molar-refractivity contribution in [2.24, 2.45) is 0 Å². The molecule has 2 aromatic rings. The highest BCUT2D eigenvalue weighted by molar-refractivity contribution is 7.10. The molecule has 0 saturated carbocycles. The molecule has 0 radical (unpaired) electrons. The Balaban J connectivity index is 0.00000150. The van der Waals surface area contributed by atoms with Crippen molar-refractivity contribution in [2.75, 3.05) is 26.2 Å². The van der Waals surface area contributed by atoms with E-state index < -0.39 is 0 Å². The lowest BCUT2D eigenvalue weighted by Gasteiger charge is -2.34. The number of amides is 1. The molecule has 2 aliphatic heterocycles. The summed E-state index contributed by atoms with van der Waals surface area (Å²) in [5.74, 6) is 0.215. The minimum absolute atomic E-state index is 0. The van der Waals surface area contributed by atoms with E-state index in [2.05, 4.69) is 46.6 Å². The Hall–Kier alpha value is -1.18. The van der Waals surface area contributed by atoms with Gasteiger partial charge in [-0.2, -0.15) is 0 Å². The zero-order valence-electron chi connectivity index (χ0n) is 17.0. The molecule has 160 valence electrons. The largest absolute Gasteiger partial charge is 0.333 e. The van der Waals surface area contributed by atoms with Crippen LogP contribution in [0.2, 0.25) is 0 Å². The molecule has 1 atom stereocenters.